The monoisotopic (exact) mass is 195 g/mol. The zero-order valence-corrected chi connectivity index (χ0v) is 8.36. The molecule has 0 unspecified atom stereocenters. The summed E-state index contributed by atoms with van der Waals surface area (Å²) in [4.78, 5) is 0. The van der Waals surface area contributed by atoms with E-state index in [-0.39, 0.29) is 0 Å². The van der Waals surface area contributed by atoms with E-state index in [4.69, 9.17) is 0 Å². The minimum Gasteiger partial charge on any atom is -0.278 e. The molecule has 12 heavy (non-hydrogen) atoms. The van der Waals surface area contributed by atoms with Gasteiger partial charge in [-0.05, 0) is 6.26 Å². The molecule has 0 saturated heterocycles. The van der Waals surface area contributed by atoms with Crippen LogP contribution in [0.15, 0.2) is 36.5 Å². The maximum absolute atomic E-state index is 2.18. The van der Waals surface area contributed by atoms with Gasteiger partial charge < -0.3 is 0 Å². The number of benzene rings is 1. The lowest BCUT2D eigenvalue weighted by molar-refractivity contribution is 1.07. The molecule has 0 atom stereocenters. The molecule has 0 N–H and O–H groups in total. The lowest BCUT2D eigenvalue weighted by atomic mass is 10.2. The zero-order chi connectivity index (χ0) is 8.39. The molecule has 1 aliphatic heterocycles. The Labute approximate surface area is 80.4 Å². The fraction of sp³-hybridized carbons (Fsp3) is 0.111. The number of rotatable bonds is 3. The first-order valence-electron chi connectivity index (χ1n) is 3.69. The molecule has 0 amide bonds. The van der Waals surface area contributed by atoms with E-state index in [0.717, 1.165) is 0 Å². The van der Waals surface area contributed by atoms with Crippen LogP contribution in [0.1, 0.15) is 5.56 Å². The van der Waals surface area contributed by atoms with Crippen LogP contribution in [-0.4, -0.2) is 10.6 Å². The molecule has 0 aliphatic carbocycles. The molecular formula is C9H9NS2. The van der Waals surface area contributed by atoms with Gasteiger partial charge in [0.15, 0.2) is 0 Å². The van der Waals surface area contributed by atoms with Gasteiger partial charge in [0.2, 0.25) is 0 Å². The molecule has 0 fully saturated rings. The highest BCUT2D eigenvalue weighted by Gasteiger charge is 2.22. The van der Waals surface area contributed by atoms with Gasteiger partial charge in [-0.25, -0.2) is 0 Å². The van der Waals surface area contributed by atoms with Crippen molar-refractivity contribution in [3.8, 4) is 0 Å². The van der Waals surface area contributed by atoms with Crippen LogP contribution < -0.4 is 0 Å². The molecule has 0 aromatic heterocycles. The van der Waals surface area contributed by atoms with Crippen molar-refractivity contribution >= 4 is 27.5 Å². The molecule has 2 rings (SSSR count). The fourth-order valence-corrected chi connectivity index (χ4v) is 2.38. The Hall–Kier alpha value is -0.540. The van der Waals surface area contributed by atoms with E-state index in [1.54, 1.807) is 21.8 Å². The first-order chi connectivity index (χ1) is 5.92. The number of nitrogens with zero attached hydrogens (tertiary/aromatic N) is 1. The molecule has 1 aliphatic rings. The first kappa shape index (κ1) is 8.08. The van der Waals surface area contributed by atoms with Crippen molar-refractivity contribution in [1.29, 1.82) is 0 Å². The van der Waals surface area contributed by atoms with Crippen molar-refractivity contribution in [3.05, 3.63) is 42.1 Å². The van der Waals surface area contributed by atoms with Gasteiger partial charge in [0.25, 0.3) is 0 Å². The first-order valence-corrected chi connectivity index (χ1v) is 6.20. The van der Waals surface area contributed by atoms with Crippen LogP contribution in [0.2, 0.25) is 0 Å². The summed E-state index contributed by atoms with van der Waals surface area (Å²) in [5.74, 6) is 0. The van der Waals surface area contributed by atoms with Crippen LogP contribution in [0.3, 0.4) is 0 Å². The van der Waals surface area contributed by atoms with E-state index in [2.05, 4.69) is 41.0 Å². The predicted molar refractivity (Wildman–Crippen MR) is 57.4 cm³/mol. The van der Waals surface area contributed by atoms with E-state index < -0.39 is 0 Å². The Morgan fingerprint density at radius 1 is 1.17 bits per heavy atom. The van der Waals surface area contributed by atoms with E-state index >= 15 is 0 Å². The quantitative estimate of drug-likeness (QED) is 0.538. The summed E-state index contributed by atoms with van der Waals surface area (Å²) in [5, 5.41) is 0. The van der Waals surface area contributed by atoms with Crippen LogP contribution in [0.5, 0.6) is 0 Å². The van der Waals surface area contributed by atoms with Crippen LogP contribution in [0, 0.1) is 0 Å². The Morgan fingerprint density at radius 2 is 1.92 bits per heavy atom. The summed E-state index contributed by atoms with van der Waals surface area (Å²) < 4.78 is 2.18. The summed E-state index contributed by atoms with van der Waals surface area (Å²) in [5.41, 5.74) is 2.63. The van der Waals surface area contributed by atoms with Gasteiger partial charge in [0.1, 0.15) is 0 Å². The molecule has 0 spiro atoms. The molecule has 1 aromatic carbocycles. The average Bonchev–Trinajstić information content (AvgIpc) is 2.87. The summed E-state index contributed by atoms with van der Waals surface area (Å²) in [7, 11) is 3.52. The summed E-state index contributed by atoms with van der Waals surface area (Å²) in [6.45, 7) is 0. The standard InChI is InChI=1S/C9H9NS2/c1-11-12-10-7-9(10)8-5-3-2-4-6-8/h2-7H,1H3. The molecule has 1 nitrogen and oxygen atoms in total. The van der Waals surface area contributed by atoms with Crippen molar-refractivity contribution in [2.45, 2.75) is 0 Å². The Morgan fingerprint density at radius 3 is 2.58 bits per heavy atom. The largest absolute Gasteiger partial charge is 0.278 e. The molecule has 0 radical (unpaired) electrons. The molecule has 3 heteroatoms. The average molecular weight is 195 g/mol. The number of hydrogen-bond donors (Lipinski definition) is 0. The summed E-state index contributed by atoms with van der Waals surface area (Å²) in [6, 6.07) is 10.4. The third-order valence-electron chi connectivity index (χ3n) is 1.63. The molecule has 0 saturated carbocycles. The SMILES string of the molecule is CSSN1C=C1c1ccccc1. The maximum Gasteiger partial charge on any atom is 0.0772 e. The minimum absolute atomic E-state index is 1.30. The second-order valence-electron chi connectivity index (χ2n) is 2.45. The topological polar surface area (TPSA) is 3.01 Å². The van der Waals surface area contributed by atoms with E-state index in [1.165, 1.54) is 11.3 Å². The van der Waals surface area contributed by atoms with Gasteiger partial charge in [0, 0.05) is 22.7 Å². The highest BCUT2D eigenvalue weighted by molar-refractivity contribution is 8.75. The van der Waals surface area contributed by atoms with Gasteiger partial charge >= 0.3 is 0 Å². The number of hydrogen-bond acceptors (Lipinski definition) is 3. The van der Waals surface area contributed by atoms with Crippen molar-refractivity contribution in [1.82, 2.24) is 4.31 Å². The molecule has 62 valence electrons. The minimum atomic E-state index is 1.30. The predicted octanol–water partition coefficient (Wildman–Crippen LogP) is 3.23. The molecule has 0 bridgehead atoms. The second-order valence-corrected chi connectivity index (χ2v) is 4.77. The van der Waals surface area contributed by atoms with Crippen LogP contribution in [-0.2, 0) is 0 Å². The van der Waals surface area contributed by atoms with Crippen molar-refractivity contribution in [2.24, 2.45) is 0 Å². The van der Waals surface area contributed by atoms with Gasteiger partial charge in [-0.3, -0.25) is 4.31 Å². The van der Waals surface area contributed by atoms with Gasteiger partial charge in [-0.2, -0.15) is 0 Å². The summed E-state index contributed by atoms with van der Waals surface area (Å²) >= 11 is 0. The van der Waals surface area contributed by atoms with Crippen molar-refractivity contribution < 1.29 is 0 Å². The maximum atomic E-state index is 2.18. The summed E-state index contributed by atoms with van der Waals surface area (Å²) in [6.07, 6.45) is 4.23. The van der Waals surface area contributed by atoms with Crippen LogP contribution in [0.25, 0.3) is 5.70 Å². The Balaban J connectivity index is 2.02. The van der Waals surface area contributed by atoms with Crippen molar-refractivity contribution in [2.75, 3.05) is 6.26 Å². The molecule has 1 heterocycles. The highest BCUT2D eigenvalue weighted by Crippen LogP contribution is 2.42. The Kier molecular flexibility index (Phi) is 2.33. The smallest absolute Gasteiger partial charge is 0.0772 e. The molecular weight excluding hydrogens is 186 g/mol. The fourth-order valence-electron chi connectivity index (χ4n) is 1.03. The van der Waals surface area contributed by atoms with E-state index in [0.29, 0.717) is 0 Å². The van der Waals surface area contributed by atoms with Crippen molar-refractivity contribution in [3.63, 3.8) is 0 Å². The van der Waals surface area contributed by atoms with Crippen LogP contribution in [0.4, 0.5) is 0 Å². The van der Waals surface area contributed by atoms with Gasteiger partial charge in [-0.15, -0.1) is 0 Å². The third-order valence-corrected chi connectivity index (χ3v) is 3.17. The lowest BCUT2D eigenvalue weighted by Crippen LogP contribution is -1.82. The normalized spacial score (nSPS) is 14.4. The second kappa shape index (κ2) is 3.46. The van der Waals surface area contributed by atoms with Crippen LogP contribution >= 0.6 is 21.8 Å². The van der Waals surface area contributed by atoms with E-state index in [9.17, 15) is 0 Å². The lowest BCUT2D eigenvalue weighted by Gasteiger charge is -2.00. The highest BCUT2D eigenvalue weighted by atomic mass is 33.1. The molecule has 1 aromatic rings. The Bertz CT molecular complexity index is 295. The van der Waals surface area contributed by atoms with Gasteiger partial charge in [-0.1, -0.05) is 41.1 Å². The zero-order valence-electron chi connectivity index (χ0n) is 6.73. The third kappa shape index (κ3) is 1.62. The van der Waals surface area contributed by atoms with E-state index in [1.807, 2.05) is 6.07 Å². The van der Waals surface area contributed by atoms with Gasteiger partial charge in [0.05, 0.1) is 5.70 Å².